The van der Waals surface area contributed by atoms with Crippen molar-refractivity contribution in [2.75, 3.05) is 13.7 Å². The van der Waals surface area contributed by atoms with Gasteiger partial charge in [0.15, 0.2) is 0 Å². The second-order valence-electron chi connectivity index (χ2n) is 5.86. The summed E-state index contributed by atoms with van der Waals surface area (Å²) in [5, 5.41) is 3.30. The minimum absolute atomic E-state index is 0.135. The van der Waals surface area contributed by atoms with E-state index in [2.05, 4.69) is 5.32 Å². The quantitative estimate of drug-likeness (QED) is 0.779. The van der Waals surface area contributed by atoms with E-state index in [0.717, 1.165) is 11.1 Å². The van der Waals surface area contributed by atoms with Crippen LogP contribution >= 0.6 is 0 Å². The first-order valence-electron chi connectivity index (χ1n) is 8.09. The summed E-state index contributed by atoms with van der Waals surface area (Å²) in [5.74, 6) is 0.229. The monoisotopic (exact) mass is 336 g/mol. The first-order chi connectivity index (χ1) is 12.1. The van der Waals surface area contributed by atoms with E-state index in [1.54, 1.807) is 30.0 Å². The zero-order valence-corrected chi connectivity index (χ0v) is 14.3. The van der Waals surface area contributed by atoms with Gasteiger partial charge in [-0.2, -0.15) is 0 Å². The summed E-state index contributed by atoms with van der Waals surface area (Å²) in [6.07, 6.45) is 2.29. The van der Waals surface area contributed by atoms with Gasteiger partial charge in [0.25, 0.3) is 5.91 Å². The number of aryl methyl sites for hydroxylation is 1. The van der Waals surface area contributed by atoms with Gasteiger partial charge in [-0.1, -0.05) is 30.3 Å². The number of carbonyl (C=O) groups is 1. The van der Waals surface area contributed by atoms with E-state index in [9.17, 15) is 9.59 Å². The number of pyridine rings is 1. The third kappa shape index (κ3) is 3.55. The van der Waals surface area contributed by atoms with Gasteiger partial charge in [-0.3, -0.25) is 9.59 Å². The summed E-state index contributed by atoms with van der Waals surface area (Å²) in [6, 6.07) is 15.2. The Morgan fingerprint density at radius 3 is 2.64 bits per heavy atom. The predicted molar refractivity (Wildman–Crippen MR) is 98.2 cm³/mol. The molecule has 1 heterocycles. The summed E-state index contributed by atoms with van der Waals surface area (Å²) in [6.45, 7) is 0.474. The van der Waals surface area contributed by atoms with Gasteiger partial charge >= 0.3 is 0 Å². The summed E-state index contributed by atoms with van der Waals surface area (Å²) < 4.78 is 6.96. The van der Waals surface area contributed by atoms with E-state index in [1.807, 2.05) is 43.4 Å². The second kappa shape index (κ2) is 7.21. The fraction of sp³-hybridized carbons (Fsp3) is 0.200. The Morgan fingerprint density at radius 2 is 1.92 bits per heavy atom. The molecule has 0 aliphatic carbocycles. The van der Waals surface area contributed by atoms with E-state index in [1.165, 1.54) is 0 Å². The van der Waals surface area contributed by atoms with E-state index in [4.69, 9.17) is 4.74 Å². The minimum Gasteiger partial charge on any atom is -0.497 e. The first kappa shape index (κ1) is 16.8. The van der Waals surface area contributed by atoms with Gasteiger partial charge in [0.05, 0.1) is 18.0 Å². The molecule has 0 saturated heterocycles. The number of carbonyl (C=O) groups excluding carboxylic acids is 1. The lowest BCUT2D eigenvalue weighted by Gasteiger charge is -2.10. The lowest BCUT2D eigenvalue weighted by atomic mass is 10.1. The van der Waals surface area contributed by atoms with Crippen molar-refractivity contribution in [1.82, 2.24) is 9.88 Å². The van der Waals surface area contributed by atoms with Gasteiger partial charge < -0.3 is 14.6 Å². The van der Waals surface area contributed by atoms with Crippen LogP contribution in [0.3, 0.4) is 0 Å². The fourth-order valence-electron chi connectivity index (χ4n) is 2.82. The highest BCUT2D eigenvalue weighted by atomic mass is 16.5. The number of hydrogen-bond acceptors (Lipinski definition) is 3. The normalized spacial score (nSPS) is 10.6. The van der Waals surface area contributed by atoms with Gasteiger partial charge in [-0.05, 0) is 30.2 Å². The number of fused-ring (bicyclic) bond motifs is 1. The maximum Gasteiger partial charge on any atom is 0.256 e. The Kier molecular flexibility index (Phi) is 4.84. The molecule has 0 spiro atoms. The van der Waals surface area contributed by atoms with E-state index < -0.39 is 0 Å². The Hall–Kier alpha value is -3.08. The third-order valence-electron chi connectivity index (χ3n) is 4.18. The number of amides is 1. The Bertz CT molecular complexity index is 962. The minimum atomic E-state index is -0.360. The number of rotatable bonds is 5. The molecule has 3 aromatic rings. The molecule has 0 unspecified atom stereocenters. The van der Waals surface area contributed by atoms with Crippen molar-refractivity contribution < 1.29 is 9.53 Å². The number of benzene rings is 2. The lowest BCUT2D eigenvalue weighted by molar-refractivity contribution is 0.0952. The smallest absolute Gasteiger partial charge is 0.256 e. The molecule has 1 amide bonds. The SMILES string of the molecule is COc1ccc2c(c1)c(=O)c(C(=O)NCCc1ccccc1)cn2C. The Morgan fingerprint density at radius 1 is 1.16 bits per heavy atom. The van der Waals surface area contributed by atoms with Crippen LogP contribution < -0.4 is 15.5 Å². The Labute approximate surface area is 145 Å². The topological polar surface area (TPSA) is 60.3 Å². The highest BCUT2D eigenvalue weighted by Gasteiger charge is 2.14. The molecule has 2 aromatic carbocycles. The summed E-state index contributed by atoms with van der Waals surface area (Å²) in [4.78, 5) is 25.1. The molecule has 1 N–H and O–H groups in total. The van der Waals surface area contributed by atoms with Crippen LogP contribution in [0.2, 0.25) is 0 Å². The average molecular weight is 336 g/mol. The Balaban J connectivity index is 1.83. The molecule has 1 aromatic heterocycles. The molecule has 25 heavy (non-hydrogen) atoms. The highest BCUT2D eigenvalue weighted by Crippen LogP contribution is 2.18. The summed E-state index contributed by atoms with van der Waals surface area (Å²) in [7, 11) is 3.36. The van der Waals surface area contributed by atoms with Crippen molar-refractivity contribution in [3.8, 4) is 5.75 Å². The standard InChI is InChI=1S/C20H20N2O3/c1-22-13-17(19(23)16-12-15(25-2)8-9-18(16)22)20(24)21-11-10-14-6-4-3-5-7-14/h3-9,12-13H,10-11H2,1-2H3,(H,21,24). The van der Waals surface area contributed by atoms with Crippen molar-refractivity contribution >= 4 is 16.8 Å². The van der Waals surface area contributed by atoms with Crippen LogP contribution in [0, 0.1) is 0 Å². The molecular weight excluding hydrogens is 316 g/mol. The average Bonchev–Trinajstić information content (AvgIpc) is 2.65. The van der Waals surface area contributed by atoms with Crippen LogP contribution in [0.25, 0.3) is 10.9 Å². The van der Waals surface area contributed by atoms with E-state index in [0.29, 0.717) is 24.1 Å². The number of nitrogens with one attached hydrogen (secondary N) is 1. The molecule has 0 fully saturated rings. The predicted octanol–water partition coefficient (Wildman–Crippen LogP) is 2.52. The van der Waals surface area contributed by atoms with Crippen molar-refractivity contribution in [2.45, 2.75) is 6.42 Å². The maximum absolute atomic E-state index is 12.7. The van der Waals surface area contributed by atoms with Gasteiger partial charge in [0.2, 0.25) is 5.43 Å². The molecule has 0 bridgehead atoms. The summed E-state index contributed by atoms with van der Waals surface area (Å²) >= 11 is 0. The largest absolute Gasteiger partial charge is 0.497 e. The number of nitrogens with zero attached hydrogens (tertiary/aromatic N) is 1. The van der Waals surface area contributed by atoms with Crippen LogP contribution in [0.15, 0.2) is 59.5 Å². The fourth-order valence-corrected chi connectivity index (χ4v) is 2.82. The van der Waals surface area contributed by atoms with Crippen molar-refractivity contribution in [3.05, 3.63) is 76.1 Å². The highest BCUT2D eigenvalue weighted by molar-refractivity contribution is 5.97. The van der Waals surface area contributed by atoms with Crippen molar-refractivity contribution in [3.63, 3.8) is 0 Å². The van der Waals surface area contributed by atoms with Crippen LogP contribution in [0.4, 0.5) is 0 Å². The van der Waals surface area contributed by atoms with Crippen molar-refractivity contribution in [1.29, 1.82) is 0 Å². The van der Waals surface area contributed by atoms with Gasteiger partial charge in [-0.25, -0.2) is 0 Å². The maximum atomic E-state index is 12.7. The van der Waals surface area contributed by atoms with Crippen LogP contribution in [0.1, 0.15) is 15.9 Å². The zero-order valence-electron chi connectivity index (χ0n) is 14.3. The first-order valence-corrected chi connectivity index (χ1v) is 8.09. The molecule has 128 valence electrons. The number of methoxy groups -OCH3 is 1. The molecular formula is C20H20N2O3. The molecule has 0 atom stereocenters. The van der Waals surface area contributed by atoms with E-state index >= 15 is 0 Å². The lowest BCUT2D eigenvalue weighted by Crippen LogP contribution is -2.31. The van der Waals surface area contributed by atoms with Crippen LogP contribution in [-0.2, 0) is 13.5 Å². The van der Waals surface area contributed by atoms with Gasteiger partial charge in [0, 0.05) is 19.8 Å². The third-order valence-corrected chi connectivity index (χ3v) is 4.18. The molecule has 0 radical (unpaired) electrons. The molecule has 5 heteroatoms. The van der Waals surface area contributed by atoms with Crippen LogP contribution in [0.5, 0.6) is 5.75 Å². The van der Waals surface area contributed by atoms with E-state index in [-0.39, 0.29) is 16.9 Å². The second-order valence-corrected chi connectivity index (χ2v) is 5.86. The van der Waals surface area contributed by atoms with Gasteiger partial charge in [0.1, 0.15) is 11.3 Å². The summed E-state index contributed by atoms with van der Waals surface area (Å²) in [5.41, 5.74) is 1.74. The molecule has 0 saturated carbocycles. The molecule has 0 aliphatic heterocycles. The number of aromatic nitrogens is 1. The molecule has 0 aliphatic rings. The number of hydrogen-bond donors (Lipinski definition) is 1. The number of ether oxygens (including phenoxy) is 1. The zero-order chi connectivity index (χ0) is 17.8. The van der Waals surface area contributed by atoms with Crippen molar-refractivity contribution in [2.24, 2.45) is 7.05 Å². The van der Waals surface area contributed by atoms with Gasteiger partial charge in [-0.15, -0.1) is 0 Å². The molecule has 3 rings (SSSR count). The molecule has 5 nitrogen and oxygen atoms in total. The van der Waals surface area contributed by atoms with Crippen LogP contribution in [-0.4, -0.2) is 24.1 Å².